The van der Waals surface area contributed by atoms with E-state index in [0.29, 0.717) is 11.8 Å². The molecule has 0 bridgehead atoms. The van der Waals surface area contributed by atoms with Crippen LogP contribution >= 0.6 is 0 Å². The number of hydrogen-bond acceptors (Lipinski definition) is 3. The fraction of sp³-hybridized carbons (Fsp3) is 0.600. The molecule has 1 N–H and O–H groups in total. The van der Waals surface area contributed by atoms with Gasteiger partial charge in [-0.05, 0) is 49.9 Å². The first kappa shape index (κ1) is 13.2. The minimum Gasteiger partial charge on any atom is -0.504 e. The van der Waals surface area contributed by atoms with Crippen molar-refractivity contribution >= 4 is 0 Å². The average Bonchev–Trinajstić information content (AvgIpc) is 2.37. The maximum Gasteiger partial charge on any atom is 0.160 e. The average molecular weight is 249 g/mol. The Morgan fingerprint density at radius 3 is 2.89 bits per heavy atom. The number of benzene rings is 1. The Kier molecular flexibility index (Phi) is 4.12. The van der Waals surface area contributed by atoms with Gasteiger partial charge < -0.3 is 9.84 Å². The predicted octanol–water partition coefficient (Wildman–Crippen LogP) is 3.02. The standard InChI is InChI=1S/C15H23NO2/c1-11-5-4-8-16(12(11)2)10-13-6-7-14(17)15(9-13)18-3/h6-7,9,11-12,17H,4-5,8,10H2,1-3H3. The molecule has 2 rings (SSSR count). The van der Waals surface area contributed by atoms with E-state index in [1.165, 1.54) is 18.4 Å². The Hall–Kier alpha value is -1.22. The normalized spacial score (nSPS) is 25.1. The lowest BCUT2D eigenvalue weighted by molar-refractivity contribution is 0.106. The zero-order chi connectivity index (χ0) is 13.1. The molecule has 100 valence electrons. The molecule has 0 aliphatic carbocycles. The molecule has 1 aliphatic rings. The van der Waals surface area contributed by atoms with E-state index < -0.39 is 0 Å². The van der Waals surface area contributed by atoms with Crippen LogP contribution in [-0.4, -0.2) is 29.7 Å². The second kappa shape index (κ2) is 5.61. The Morgan fingerprint density at radius 2 is 2.17 bits per heavy atom. The minimum atomic E-state index is 0.210. The van der Waals surface area contributed by atoms with Gasteiger partial charge in [-0.15, -0.1) is 0 Å². The molecule has 1 aromatic carbocycles. The van der Waals surface area contributed by atoms with Crippen LogP contribution in [-0.2, 0) is 6.54 Å². The van der Waals surface area contributed by atoms with Crippen molar-refractivity contribution in [1.82, 2.24) is 4.90 Å². The summed E-state index contributed by atoms with van der Waals surface area (Å²) in [6, 6.07) is 6.25. The zero-order valence-electron chi connectivity index (χ0n) is 11.5. The number of rotatable bonds is 3. The number of piperidine rings is 1. The van der Waals surface area contributed by atoms with Crippen LogP contribution in [0.3, 0.4) is 0 Å². The molecule has 1 aromatic rings. The van der Waals surface area contributed by atoms with E-state index in [9.17, 15) is 5.11 Å². The number of phenols is 1. The van der Waals surface area contributed by atoms with Crippen molar-refractivity contribution in [3.05, 3.63) is 23.8 Å². The first-order chi connectivity index (χ1) is 8.61. The smallest absolute Gasteiger partial charge is 0.160 e. The van der Waals surface area contributed by atoms with E-state index in [1.54, 1.807) is 13.2 Å². The molecule has 2 atom stereocenters. The van der Waals surface area contributed by atoms with E-state index in [2.05, 4.69) is 18.7 Å². The van der Waals surface area contributed by atoms with Crippen LogP contribution in [0.2, 0.25) is 0 Å². The summed E-state index contributed by atoms with van der Waals surface area (Å²) in [6.07, 6.45) is 2.61. The van der Waals surface area contributed by atoms with Gasteiger partial charge in [0.25, 0.3) is 0 Å². The Morgan fingerprint density at radius 1 is 1.39 bits per heavy atom. The third kappa shape index (κ3) is 2.78. The highest BCUT2D eigenvalue weighted by molar-refractivity contribution is 5.41. The molecule has 0 saturated carbocycles. The minimum absolute atomic E-state index is 0.210. The van der Waals surface area contributed by atoms with Crippen molar-refractivity contribution in [2.24, 2.45) is 5.92 Å². The number of phenolic OH excluding ortho intramolecular Hbond substituents is 1. The summed E-state index contributed by atoms with van der Waals surface area (Å²) in [4.78, 5) is 2.51. The van der Waals surface area contributed by atoms with E-state index in [-0.39, 0.29) is 5.75 Å². The highest BCUT2D eigenvalue weighted by Gasteiger charge is 2.24. The van der Waals surface area contributed by atoms with Crippen molar-refractivity contribution in [2.45, 2.75) is 39.3 Å². The summed E-state index contributed by atoms with van der Waals surface area (Å²) < 4.78 is 5.15. The lowest BCUT2D eigenvalue weighted by Crippen LogP contribution is -2.41. The van der Waals surface area contributed by atoms with Gasteiger partial charge in [0.15, 0.2) is 11.5 Å². The van der Waals surface area contributed by atoms with Crippen LogP contribution in [0.4, 0.5) is 0 Å². The van der Waals surface area contributed by atoms with Gasteiger partial charge in [0.05, 0.1) is 7.11 Å². The second-order valence-corrected chi connectivity index (χ2v) is 5.34. The second-order valence-electron chi connectivity index (χ2n) is 5.34. The molecule has 0 amide bonds. The van der Waals surface area contributed by atoms with Gasteiger partial charge in [-0.25, -0.2) is 0 Å². The largest absolute Gasteiger partial charge is 0.504 e. The molecule has 3 heteroatoms. The van der Waals surface area contributed by atoms with E-state index in [0.717, 1.165) is 19.0 Å². The number of aromatic hydroxyl groups is 1. The highest BCUT2D eigenvalue weighted by Crippen LogP contribution is 2.29. The summed E-state index contributed by atoms with van der Waals surface area (Å²) in [5.41, 5.74) is 1.20. The van der Waals surface area contributed by atoms with Gasteiger partial charge in [-0.1, -0.05) is 13.0 Å². The number of methoxy groups -OCH3 is 1. The monoisotopic (exact) mass is 249 g/mol. The molecule has 0 radical (unpaired) electrons. The van der Waals surface area contributed by atoms with Gasteiger partial charge in [0.2, 0.25) is 0 Å². The molecule has 0 aromatic heterocycles. The quantitative estimate of drug-likeness (QED) is 0.893. The molecular weight excluding hydrogens is 226 g/mol. The summed E-state index contributed by atoms with van der Waals surface area (Å²) in [6.45, 7) is 6.73. The summed E-state index contributed by atoms with van der Waals surface area (Å²) in [5, 5.41) is 9.60. The van der Waals surface area contributed by atoms with Gasteiger partial charge >= 0.3 is 0 Å². The Labute approximate surface area is 109 Å². The van der Waals surface area contributed by atoms with Gasteiger partial charge in [0, 0.05) is 12.6 Å². The predicted molar refractivity (Wildman–Crippen MR) is 72.9 cm³/mol. The first-order valence-electron chi connectivity index (χ1n) is 6.71. The van der Waals surface area contributed by atoms with Crippen LogP contribution in [0.15, 0.2) is 18.2 Å². The molecule has 3 nitrogen and oxygen atoms in total. The molecule has 2 unspecified atom stereocenters. The fourth-order valence-corrected chi connectivity index (χ4v) is 2.70. The lowest BCUT2D eigenvalue weighted by Gasteiger charge is -2.38. The topological polar surface area (TPSA) is 32.7 Å². The van der Waals surface area contributed by atoms with Crippen LogP contribution in [0.25, 0.3) is 0 Å². The zero-order valence-corrected chi connectivity index (χ0v) is 11.5. The molecule has 18 heavy (non-hydrogen) atoms. The SMILES string of the molecule is COc1cc(CN2CCCC(C)C2C)ccc1O. The summed E-state index contributed by atoms with van der Waals surface area (Å²) in [7, 11) is 1.59. The molecular formula is C15H23NO2. The fourth-order valence-electron chi connectivity index (χ4n) is 2.70. The Bertz CT molecular complexity index is 405. The summed E-state index contributed by atoms with van der Waals surface area (Å²) >= 11 is 0. The van der Waals surface area contributed by atoms with Crippen LogP contribution in [0.5, 0.6) is 11.5 Å². The van der Waals surface area contributed by atoms with Gasteiger partial charge in [0.1, 0.15) is 0 Å². The molecule has 1 saturated heterocycles. The number of nitrogens with zero attached hydrogens (tertiary/aromatic N) is 1. The maximum absolute atomic E-state index is 9.60. The van der Waals surface area contributed by atoms with Crippen LogP contribution < -0.4 is 4.74 Å². The van der Waals surface area contributed by atoms with Crippen molar-refractivity contribution in [3.8, 4) is 11.5 Å². The van der Waals surface area contributed by atoms with E-state index in [1.807, 2.05) is 12.1 Å². The van der Waals surface area contributed by atoms with Gasteiger partial charge in [-0.3, -0.25) is 4.90 Å². The van der Waals surface area contributed by atoms with Crippen LogP contribution in [0, 0.1) is 5.92 Å². The lowest BCUT2D eigenvalue weighted by atomic mass is 9.92. The first-order valence-corrected chi connectivity index (χ1v) is 6.71. The van der Waals surface area contributed by atoms with Crippen LogP contribution in [0.1, 0.15) is 32.3 Å². The molecule has 1 aliphatic heterocycles. The molecule has 1 heterocycles. The van der Waals surface area contributed by atoms with Crippen molar-refractivity contribution in [2.75, 3.05) is 13.7 Å². The van der Waals surface area contributed by atoms with E-state index >= 15 is 0 Å². The van der Waals surface area contributed by atoms with Gasteiger partial charge in [-0.2, -0.15) is 0 Å². The Balaban J connectivity index is 2.09. The third-order valence-electron chi connectivity index (χ3n) is 4.13. The highest BCUT2D eigenvalue weighted by atomic mass is 16.5. The van der Waals surface area contributed by atoms with Crippen molar-refractivity contribution < 1.29 is 9.84 Å². The number of hydrogen-bond donors (Lipinski definition) is 1. The molecule has 1 fully saturated rings. The van der Waals surface area contributed by atoms with E-state index in [4.69, 9.17) is 4.74 Å². The summed E-state index contributed by atoms with van der Waals surface area (Å²) in [5.74, 6) is 1.53. The number of likely N-dealkylation sites (tertiary alicyclic amines) is 1. The van der Waals surface area contributed by atoms with Crippen molar-refractivity contribution in [1.29, 1.82) is 0 Å². The maximum atomic E-state index is 9.60. The third-order valence-corrected chi connectivity index (χ3v) is 4.13. The van der Waals surface area contributed by atoms with Crippen molar-refractivity contribution in [3.63, 3.8) is 0 Å². The molecule has 0 spiro atoms. The number of ether oxygens (including phenoxy) is 1.